The maximum absolute atomic E-state index is 11.9. The van der Waals surface area contributed by atoms with Crippen LogP contribution in [0, 0.1) is 0 Å². The maximum Gasteiger partial charge on any atom is 0.348 e. The Bertz CT molecular complexity index is 1240. The van der Waals surface area contributed by atoms with Crippen molar-refractivity contribution in [1.29, 1.82) is 0 Å². The number of ether oxygens (including phenoxy) is 3. The molecule has 0 saturated carbocycles. The Labute approximate surface area is 209 Å². The predicted octanol–water partition coefficient (Wildman–Crippen LogP) is 5.80. The Hall–Kier alpha value is -3.19. The quantitative estimate of drug-likeness (QED) is 0.239. The van der Waals surface area contributed by atoms with Gasteiger partial charge in [-0.2, -0.15) is 0 Å². The fourth-order valence-corrected chi connectivity index (χ4v) is 5.11. The average molecular weight is 488 g/mol. The summed E-state index contributed by atoms with van der Waals surface area (Å²) < 4.78 is 17.4. The number of piperidine rings is 1. The van der Waals surface area contributed by atoms with E-state index in [-0.39, 0.29) is 18.7 Å². The lowest BCUT2D eigenvalue weighted by atomic mass is 9.87. The fraction of sp³-hybridized carbons (Fsp3) is 0.276. The first-order valence-corrected chi connectivity index (χ1v) is 12.9. The third-order valence-corrected chi connectivity index (χ3v) is 7.17. The monoisotopic (exact) mass is 487 g/mol. The number of thiophene rings is 1. The molecule has 3 aromatic carbocycles. The van der Waals surface area contributed by atoms with Crippen LogP contribution in [0.15, 0.2) is 84.2 Å². The van der Waals surface area contributed by atoms with Gasteiger partial charge in [0.2, 0.25) is 0 Å². The van der Waals surface area contributed by atoms with Crippen molar-refractivity contribution in [2.45, 2.75) is 25.0 Å². The van der Waals surface area contributed by atoms with Crippen LogP contribution in [0.5, 0.6) is 5.75 Å². The number of fused-ring (bicyclic) bond motifs is 1. The van der Waals surface area contributed by atoms with Crippen LogP contribution in [-0.4, -0.2) is 38.4 Å². The van der Waals surface area contributed by atoms with Crippen LogP contribution in [0.25, 0.3) is 10.8 Å². The number of nitrogens with one attached hydrogen (secondary N) is 1. The van der Waals surface area contributed by atoms with Gasteiger partial charge in [-0.1, -0.05) is 54.6 Å². The zero-order valence-corrected chi connectivity index (χ0v) is 20.3. The van der Waals surface area contributed by atoms with Gasteiger partial charge in [0.05, 0.1) is 12.7 Å². The van der Waals surface area contributed by atoms with Crippen molar-refractivity contribution in [3.8, 4) is 5.75 Å². The molecular weight excluding hydrogens is 458 g/mol. The van der Waals surface area contributed by atoms with Crippen molar-refractivity contribution in [1.82, 2.24) is 5.32 Å². The molecule has 5 nitrogen and oxygen atoms in total. The first-order valence-electron chi connectivity index (χ1n) is 12.0. The molecule has 2 heterocycles. The van der Waals surface area contributed by atoms with Gasteiger partial charge >= 0.3 is 5.97 Å². The lowest BCUT2D eigenvalue weighted by Gasteiger charge is -2.32. The van der Waals surface area contributed by atoms with E-state index in [1.807, 2.05) is 23.6 Å². The van der Waals surface area contributed by atoms with E-state index in [1.165, 1.54) is 33.2 Å². The molecule has 0 aliphatic carbocycles. The minimum Gasteiger partial charge on any atom is -0.490 e. The Morgan fingerprint density at radius 2 is 1.80 bits per heavy atom. The van der Waals surface area contributed by atoms with Crippen molar-refractivity contribution in [3.05, 3.63) is 100 Å². The Morgan fingerprint density at radius 1 is 0.943 bits per heavy atom. The number of carbonyl (C=O) groups is 1. The molecule has 180 valence electrons. The second kappa shape index (κ2) is 11.5. The summed E-state index contributed by atoms with van der Waals surface area (Å²) in [6, 6.07) is 26.7. The first-order chi connectivity index (χ1) is 17.3. The van der Waals surface area contributed by atoms with Crippen molar-refractivity contribution in [2.24, 2.45) is 0 Å². The van der Waals surface area contributed by atoms with Crippen molar-refractivity contribution >= 4 is 28.1 Å². The van der Waals surface area contributed by atoms with E-state index in [0.29, 0.717) is 24.0 Å². The third kappa shape index (κ3) is 6.09. The number of rotatable bonds is 9. The van der Waals surface area contributed by atoms with Crippen LogP contribution in [0.4, 0.5) is 0 Å². The zero-order chi connectivity index (χ0) is 23.9. The summed E-state index contributed by atoms with van der Waals surface area (Å²) in [6.07, 6.45) is 1.14. The molecule has 1 aromatic heterocycles. The SMILES string of the molecule is O=C(OCCOc1ccc(C2CCNCC2OCc2ccc3ccccc3c2)cc1)c1cccs1. The molecule has 1 N–H and O–H groups in total. The highest BCUT2D eigenvalue weighted by atomic mass is 32.1. The fourth-order valence-electron chi connectivity index (χ4n) is 4.49. The number of carbonyl (C=O) groups excluding carboxylic acids is 1. The molecule has 1 aliphatic rings. The molecular formula is C29H29NO4S. The van der Waals surface area contributed by atoms with E-state index in [1.54, 1.807) is 6.07 Å². The number of benzene rings is 3. The lowest BCUT2D eigenvalue weighted by Crippen LogP contribution is -2.40. The van der Waals surface area contributed by atoms with Gasteiger partial charge in [-0.25, -0.2) is 4.79 Å². The van der Waals surface area contributed by atoms with E-state index in [2.05, 4.69) is 59.9 Å². The molecule has 2 atom stereocenters. The van der Waals surface area contributed by atoms with E-state index >= 15 is 0 Å². The molecule has 5 rings (SSSR count). The van der Waals surface area contributed by atoms with Crippen molar-refractivity contribution in [3.63, 3.8) is 0 Å². The molecule has 0 bridgehead atoms. The van der Waals surface area contributed by atoms with E-state index in [0.717, 1.165) is 25.3 Å². The molecule has 1 aliphatic heterocycles. The molecule has 35 heavy (non-hydrogen) atoms. The van der Waals surface area contributed by atoms with Crippen LogP contribution in [0.3, 0.4) is 0 Å². The van der Waals surface area contributed by atoms with Crippen LogP contribution in [-0.2, 0) is 16.1 Å². The van der Waals surface area contributed by atoms with Gasteiger partial charge in [-0.05, 0) is 64.5 Å². The van der Waals surface area contributed by atoms with Crippen LogP contribution < -0.4 is 10.1 Å². The van der Waals surface area contributed by atoms with Crippen molar-refractivity contribution < 1.29 is 19.0 Å². The van der Waals surface area contributed by atoms with Gasteiger partial charge in [-0.15, -0.1) is 11.3 Å². The van der Waals surface area contributed by atoms with Gasteiger partial charge in [-0.3, -0.25) is 0 Å². The van der Waals surface area contributed by atoms with Gasteiger partial charge in [0.15, 0.2) is 0 Å². The smallest absolute Gasteiger partial charge is 0.348 e. The predicted molar refractivity (Wildman–Crippen MR) is 139 cm³/mol. The summed E-state index contributed by atoms with van der Waals surface area (Å²) in [5, 5.41) is 7.82. The van der Waals surface area contributed by atoms with Gasteiger partial charge in [0.25, 0.3) is 0 Å². The standard InChI is InChI=1S/C29H29NO4S/c31-29(28-6-3-17-35-28)33-16-15-32-25-11-9-23(10-12-25)26-13-14-30-19-27(26)34-20-21-7-8-22-4-1-2-5-24(22)18-21/h1-12,17-18,26-27,30H,13-16,19-20H2. The Kier molecular flexibility index (Phi) is 7.73. The topological polar surface area (TPSA) is 56.8 Å². The summed E-state index contributed by atoms with van der Waals surface area (Å²) in [4.78, 5) is 12.5. The molecule has 2 unspecified atom stereocenters. The van der Waals surface area contributed by atoms with Crippen molar-refractivity contribution in [2.75, 3.05) is 26.3 Å². The largest absolute Gasteiger partial charge is 0.490 e. The van der Waals surface area contributed by atoms with Crippen LogP contribution in [0.2, 0.25) is 0 Å². The summed E-state index contributed by atoms with van der Waals surface area (Å²) in [5.74, 6) is 0.792. The normalized spacial score (nSPS) is 17.8. The zero-order valence-electron chi connectivity index (χ0n) is 19.5. The number of hydrogen-bond donors (Lipinski definition) is 1. The second-order valence-corrected chi connectivity index (χ2v) is 9.61. The summed E-state index contributed by atoms with van der Waals surface area (Å²) in [6.45, 7) is 2.96. The van der Waals surface area contributed by atoms with E-state index in [9.17, 15) is 4.79 Å². The maximum atomic E-state index is 11.9. The Balaban J connectivity index is 1.13. The number of hydrogen-bond acceptors (Lipinski definition) is 6. The molecule has 6 heteroatoms. The number of esters is 1. The van der Waals surface area contributed by atoms with Crippen LogP contribution >= 0.6 is 11.3 Å². The van der Waals surface area contributed by atoms with E-state index in [4.69, 9.17) is 14.2 Å². The lowest BCUT2D eigenvalue weighted by molar-refractivity contribution is 0.0106. The highest BCUT2D eigenvalue weighted by Gasteiger charge is 2.27. The minimum absolute atomic E-state index is 0.110. The molecule has 1 fully saturated rings. The van der Waals surface area contributed by atoms with E-state index < -0.39 is 0 Å². The third-order valence-electron chi connectivity index (χ3n) is 6.32. The highest BCUT2D eigenvalue weighted by Crippen LogP contribution is 2.30. The van der Waals surface area contributed by atoms with Gasteiger partial charge in [0.1, 0.15) is 23.8 Å². The summed E-state index contributed by atoms with van der Waals surface area (Å²) in [7, 11) is 0. The average Bonchev–Trinajstić information content (AvgIpc) is 3.46. The Morgan fingerprint density at radius 3 is 2.63 bits per heavy atom. The molecule has 1 saturated heterocycles. The molecule has 0 spiro atoms. The molecule has 0 radical (unpaired) electrons. The van der Waals surface area contributed by atoms with Gasteiger partial charge < -0.3 is 19.5 Å². The second-order valence-electron chi connectivity index (χ2n) is 8.66. The summed E-state index contributed by atoms with van der Waals surface area (Å²) >= 11 is 1.37. The minimum atomic E-state index is -0.306. The first kappa shape index (κ1) is 23.5. The van der Waals surface area contributed by atoms with Gasteiger partial charge in [0, 0.05) is 12.5 Å². The molecule has 4 aromatic rings. The molecule has 0 amide bonds. The van der Waals surface area contributed by atoms with Crippen LogP contribution in [0.1, 0.15) is 33.1 Å². The highest BCUT2D eigenvalue weighted by molar-refractivity contribution is 7.11. The summed E-state index contributed by atoms with van der Waals surface area (Å²) in [5.41, 5.74) is 2.45.